The molecule has 9 rings (SSSR count). The lowest BCUT2D eigenvalue weighted by Gasteiger charge is -2.44. The third-order valence-electron chi connectivity index (χ3n) is 10.9. The van der Waals surface area contributed by atoms with Gasteiger partial charge in [-0.3, -0.25) is 0 Å². The Morgan fingerprint density at radius 2 is 1.26 bits per heavy atom. The Kier molecular flexibility index (Phi) is 6.11. The summed E-state index contributed by atoms with van der Waals surface area (Å²) in [6, 6.07) is 35.8. The number of nitrogens with zero attached hydrogens (tertiary/aromatic N) is 6. The lowest BCUT2D eigenvalue weighted by Crippen LogP contribution is -2.48. The molecule has 5 aromatic rings. The van der Waals surface area contributed by atoms with Crippen LogP contribution in [0, 0.1) is 0 Å². The summed E-state index contributed by atoms with van der Waals surface area (Å²) < 4.78 is 0. The molecule has 4 atom stereocenters. The number of aromatic nitrogens is 2. The predicted octanol–water partition coefficient (Wildman–Crippen LogP) is 9.66. The molecular weight excluding hydrogens is 576 g/mol. The molecule has 6 heteroatoms. The van der Waals surface area contributed by atoms with Gasteiger partial charge in [0.2, 0.25) is 0 Å². The normalized spacial score (nSPS) is 23.4. The summed E-state index contributed by atoms with van der Waals surface area (Å²) in [5.41, 5.74) is 10.1. The largest absolute Gasteiger partial charge is 0.342 e. The molecular formula is C41H40N6. The average molecular weight is 617 g/mol. The quantitative estimate of drug-likeness (QED) is 0.196. The summed E-state index contributed by atoms with van der Waals surface area (Å²) in [7, 11) is 0. The Hall–Kier alpha value is -5.10. The molecule has 0 bridgehead atoms. The predicted molar refractivity (Wildman–Crippen MR) is 190 cm³/mol. The second-order valence-corrected chi connectivity index (χ2v) is 14.0. The van der Waals surface area contributed by atoms with Crippen molar-refractivity contribution < 1.29 is 0 Å². The van der Waals surface area contributed by atoms with Crippen molar-refractivity contribution in [2.24, 2.45) is 0 Å². The molecule has 6 nitrogen and oxygen atoms in total. The SMILES string of the molecule is CC(C)c1cccc(C(C)C)c1N1C=CN2[C@@H](C3c4ccccc4N4c5nccnc5N(c5ccccc5)C34)c3ccccc3C12C. The maximum Gasteiger partial charge on any atom is 0.178 e. The molecule has 0 saturated carbocycles. The smallest absolute Gasteiger partial charge is 0.178 e. The molecule has 3 unspecified atom stereocenters. The van der Waals surface area contributed by atoms with E-state index in [4.69, 9.17) is 9.97 Å². The van der Waals surface area contributed by atoms with Crippen molar-refractivity contribution in [1.29, 1.82) is 0 Å². The number of anilines is 5. The van der Waals surface area contributed by atoms with E-state index in [1.165, 1.54) is 39.2 Å². The summed E-state index contributed by atoms with van der Waals surface area (Å²) in [4.78, 5) is 20.0. The van der Waals surface area contributed by atoms with Gasteiger partial charge in [0.25, 0.3) is 0 Å². The Balaban J connectivity index is 1.26. The van der Waals surface area contributed by atoms with E-state index in [0.717, 1.165) is 17.3 Å². The molecule has 47 heavy (non-hydrogen) atoms. The average Bonchev–Trinajstić information content (AvgIpc) is 3.79. The first-order chi connectivity index (χ1) is 22.9. The molecule has 0 fully saturated rings. The van der Waals surface area contributed by atoms with Gasteiger partial charge < -0.3 is 19.6 Å². The van der Waals surface area contributed by atoms with Gasteiger partial charge in [-0.25, -0.2) is 9.97 Å². The fourth-order valence-corrected chi connectivity index (χ4v) is 8.92. The minimum Gasteiger partial charge on any atom is -0.342 e. The highest BCUT2D eigenvalue weighted by molar-refractivity contribution is 5.88. The number of fused-ring (bicyclic) bond motifs is 8. The first kappa shape index (κ1) is 28.1. The van der Waals surface area contributed by atoms with E-state index in [9.17, 15) is 0 Å². The number of benzene rings is 4. The third kappa shape index (κ3) is 3.72. The molecule has 4 aliphatic rings. The van der Waals surface area contributed by atoms with Crippen molar-refractivity contribution in [1.82, 2.24) is 14.9 Å². The Morgan fingerprint density at radius 3 is 1.96 bits per heavy atom. The van der Waals surface area contributed by atoms with E-state index in [-0.39, 0.29) is 18.1 Å². The van der Waals surface area contributed by atoms with Gasteiger partial charge in [-0.1, -0.05) is 107 Å². The second-order valence-electron chi connectivity index (χ2n) is 14.0. The van der Waals surface area contributed by atoms with Crippen molar-refractivity contribution >= 4 is 28.7 Å². The monoisotopic (exact) mass is 616 g/mol. The van der Waals surface area contributed by atoms with Crippen molar-refractivity contribution in [2.75, 3.05) is 14.7 Å². The van der Waals surface area contributed by atoms with Crippen LogP contribution in [0.3, 0.4) is 0 Å². The van der Waals surface area contributed by atoms with Crippen LogP contribution in [0.4, 0.5) is 28.7 Å². The van der Waals surface area contributed by atoms with E-state index in [2.05, 4.69) is 164 Å². The maximum absolute atomic E-state index is 4.95. The summed E-state index contributed by atoms with van der Waals surface area (Å²) in [5, 5.41) is 0. The highest BCUT2D eigenvalue weighted by Gasteiger charge is 2.60. The van der Waals surface area contributed by atoms with Gasteiger partial charge >= 0.3 is 0 Å². The molecule has 0 amide bonds. The van der Waals surface area contributed by atoms with Gasteiger partial charge in [-0.05, 0) is 59.2 Å². The zero-order chi connectivity index (χ0) is 32.0. The van der Waals surface area contributed by atoms with E-state index in [0.29, 0.717) is 11.8 Å². The van der Waals surface area contributed by atoms with Crippen LogP contribution in [0.15, 0.2) is 122 Å². The van der Waals surface area contributed by atoms with Gasteiger partial charge in [0.05, 0.1) is 17.6 Å². The van der Waals surface area contributed by atoms with E-state index in [1.54, 1.807) is 0 Å². The van der Waals surface area contributed by atoms with Gasteiger partial charge in [0.15, 0.2) is 11.6 Å². The standard InChI is InChI=1S/C41H40N6/c1-26(2)29-18-13-19-30(27(3)4)36(29)44-24-25-45-37(31-16-9-11-20-33(31)41(44,45)5)35-32-17-10-12-21-34(32)47-39-38(42-22-23-43-39)46(40(35)47)28-14-7-6-8-15-28/h6-27,35,37,40H,1-5H3/t35?,37-,40?,41?/m1/s1. The number of hydrogen-bond donors (Lipinski definition) is 0. The van der Waals surface area contributed by atoms with Gasteiger partial charge in [0.1, 0.15) is 11.8 Å². The lowest BCUT2D eigenvalue weighted by molar-refractivity contribution is 0.142. The topological polar surface area (TPSA) is 38.7 Å². The molecule has 0 saturated heterocycles. The fourth-order valence-electron chi connectivity index (χ4n) is 8.92. The minimum atomic E-state index is -0.405. The highest BCUT2D eigenvalue weighted by Crippen LogP contribution is 2.64. The van der Waals surface area contributed by atoms with E-state index < -0.39 is 5.66 Å². The summed E-state index contributed by atoms with van der Waals surface area (Å²) >= 11 is 0. The summed E-state index contributed by atoms with van der Waals surface area (Å²) in [5.74, 6) is 2.71. The number of hydrogen-bond acceptors (Lipinski definition) is 6. The molecule has 234 valence electrons. The Labute approximate surface area is 277 Å². The molecule has 0 spiro atoms. The number of para-hydroxylation sites is 3. The molecule has 4 aromatic carbocycles. The van der Waals surface area contributed by atoms with Gasteiger partial charge in [0, 0.05) is 41.7 Å². The minimum absolute atomic E-state index is 0.0377. The highest BCUT2D eigenvalue weighted by atomic mass is 15.5. The van der Waals surface area contributed by atoms with Crippen LogP contribution in [-0.4, -0.2) is 21.0 Å². The summed E-state index contributed by atoms with van der Waals surface area (Å²) in [6.45, 7) is 11.7. The first-order valence-electron chi connectivity index (χ1n) is 16.9. The lowest BCUT2D eigenvalue weighted by atomic mass is 9.85. The van der Waals surface area contributed by atoms with Gasteiger partial charge in [-0.2, -0.15) is 0 Å². The molecule has 1 aromatic heterocycles. The summed E-state index contributed by atoms with van der Waals surface area (Å²) in [6.07, 6.45) is 8.31. The molecule has 5 heterocycles. The van der Waals surface area contributed by atoms with Crippen LogP contribution in [-0.2, 0) is 5.66 Å². The fraction of sp³-hybridized carbons (Fsp3) is 0.268. The maximum atomic E-state index is 4.95. The van der Waals surface area contributed by atoms with Crippen LogP contribution in [0.5, 0.6) is 0 Å². The Bertz CT molecular complexity index is 1990. The molecule has 0 radical (unpaired) electrons. The van der Waals surface area contributed by atoms with Crippen LogP contribution >= 0.6 is 0 Å². The molecule has 0 aliphatic carbocycles. The van der Waals surface area contributed by atoms with E-state index >= 15 is 0 Å². The zero-order valence-corrected chi connectivity index (χ0v) is 27.6. The van der Waals surface area contributed by atoms with Gasteiger partial charge in [-0.15, -0.1) is 0 Å². The Morgan fingerprint density at radius 1 is 0.638 bits per heavy atom. The van der Waals surface area contributed by atoms with Crippen molar-refractivity contribution in [3.63, 3.8) is 0 Å². The number of rotatable bonds is 5. The second kappa shape index (κ2) is 10.2. The van der Waals surface area contributed by atoms with Crippen LogP contribution < -0.4 is 14.7 Å². The van der Waals surface area contributed by atoms with Crippen LogP contribution in [0.2, 0.25) is 0 Å². The van der Waals surface area contributed by atoms with Crippen LogP contribution in [0.25, 0.3) is 0 Å². The first-order valence-corrected chi connectivity index (χ1v) is 16.9. The van der Waals surface area contributed by atoms with E-state index in [1.807, 2.05) is 12.4 Å². The van der Waals surface area contributed by atoms with Crippen molar-refractivity contribution in [3.8, 4) is 0 Å². The molecule has 0 N–H and O–H groups in total. The third-order valence-corrected chi connectivity index (χ3v) is 10.9. The zero-order valence-electron chi connectivity index (χ0n) is 27.6. The van der Waals surface area contributed by atoms with Crippen LogP contribution in [0.1, 0.15) is 86.2 Å². The molecule has 4 aliphatic heterocycles. The van der Waals surface area contributed by atoms with Crippen molar-refractivity contribution in [2.45, 2.75) is 70.2 Å². The van der Waals surface area contributed by atoms with Crippen molar-refractivity contribution in [3.05, 3.63) is 150 Å².